The second-order valence-corrected chi connectivity index (χ2v) is 9.89. The van der Waals surface area contributed by atoms with Crippen molar-refractivity contribution in [3.8, 4) is 0 Å². The monoisotopic (exact) mass is 474 g/mol. The molecular formula is C24H24Cl2N2O4. The Balaban J connectivity index is 1.67. The van der Waals surface area contributed by atoms with Gasteiger partial charge in [0, 0.05) is 12.5 Å². The number of amides is 3. The first kappa shape index (κ1) is 22.6. The SMILES string of the molecule is CC(C)(C)OC(=O)N1CC[C@H](c2ccc(Cl)c(Cl)c2)[C@H]1CN1C(=O)c2ccccc2C1=O. The molecule has 4 rings (SSSR count). The maximum Gasteiger partial charge on any atom is 0.410 e. The average molecular weight is 475 g/mol. The van der Waals surface area contributed by atoms with E-state index in [0.717, 1.165) is 5.56 Å². The Morgan fingerprint density at radius 2 is 1.66 bits per heavy atom. The lowest BCUT2D eigenvalue weighted by Gasteiger charge is -2.32. The highest BCUT2D eigenvalue weighted by molar-refractivity contribution is 6.42. The molecule has 168 valence electrons. The van der Waals surface area contributed by atoms with E-state index in [1.54, 1.807) is 62.1 Å². The molecule has 0 N–H and O–H groups in total. The largest absolute Gasteiger partial charge is 0.444 e. The van der Waals surface area contributed by atoms with Crippen LogP contribution in [0.15, 0.2) is 42.5 Å². The molecule has 0 unspecified atom stereocenters. The summed E-state index contributed by atoms with van der Waals surface area (Å²) >= 11 is 12.3. The first-order valence-electron chi connectivity index (χ1n) is 10.5. The van der Waals surface area contributed by atoms with Crippen LogP contribution >= 0.6 is 23.2 Å². The van der Waals surface area contributed by atoms with Gasteiger partial charge in [-0.05, 0) is 57.0 Å². The highest BCUT2D eigenvalue weighted by Crippen LogP contribution is 2.38. The van der Waals surface area contributed by atoms with Gasteiger partial charge in [0.1, 0.15) is 5.60 Å². The van der Waals surface area contributed by atoms with Crippen molar-refractivity contribution in [3.05, 3.63) is 69.2 Å². The molecule has 2 aliphatic rings. The molecule has 0 aliphatic carbocycles. The number of fused-ring (bicyclic) bond motifs is 1. The van der Waals surface area contributed by atoms with Crippen LogP contribution in [0.4, 0.5) is 4.79 Å². The fourth-order valence-corrected chi connectivity index (χ4v) is 4.66. The van der Waals surface area contributed by atoms with Gasteiger partial charge in [0.05, 0.1) is 33.8 Å². The van der Waals surface area contributed by atoms with Crippen LogP contribution in [0.1, 0.15) is 59.4 Å². The minimum Gasteiger partial charge on any atom is -0.444 e. The average Bonchev–Trinajstić information content (AvgIpc) is 3.25. The fraction of sp³-hybridized carbons (Fsp3) is 0.375. The molecule has 1 saturated heterocycles. The Labute approximate surface area is 197 Å². The van der Waals surface area contributed by atoms with Gasteiger partial charge in [-0.1, -0.05) is 41.4 Å². The van der Waals surface area contributed by atoms with Crippen LogP contribution in [0.25, 0.3) is 0 Å². The van der Waals surface area contributed by atoms with E-state index in [1.807, 2.05) is 6.07 Å². The van der Waals surface area contributed by atoms with E-state index in [1.165, 1.54) is 4.90 Å². The Morgan fingerprint density at radius 1 is 1.03 bits per heavy atom. The molecule has 0 saturated carbocycles. The van der Waals surface area contributed by atoms with Gasteiger partial charge >= 0.3 is 6.09 Å². The minimum absolute atomic E-state index is 0.0660. The molecule has 0 radical (unpaired) electrons. The van der Waals surface area contributed by atoms with Gasteiger partial charge in [-0.15, -0.1) is 0 Å². The van der Waals surface area contributed by atoms with Crippen LogP contribution < -0.4 is 0 Å². The summed E-state index contributed by atoms with van der Waals surface area (Å²) in [6.07, 6.45) is 0.173. The van der Waals surface area contributed by atoms with Crippen molar-refractivity contribution in [2.45, 2.75) is 44.8 Å². The van der Waals surface area contributed by atoms with E-state index in [0.29, 0.717) is 34.1 Å². The Kier molecular flexibility index (Phi) is 5.94. The normalized spacial score (nSPS) is 20.7. The van der Waals surface area contributed by atoms with E-state index in [2.05, 4.69) is 0 Å². The number of carbonyl (C=O) groups is 3. The molecule has 2 atom stereocenters. The second-order valence-electron chi connectivity index (χ2n) is 9.08. The number of hydrogen-bond donors (Lipinski definition) is 0. The number of benzene rings is 2. The van der Waals surface area contributed by atoms with Gasteiger partial charge in [-0.25, -0.2) is 4.79 Å². The molecule has 32 heavy (non-hydrogen) atoms. The van der Waals surface area contributed by atoms with Crippen molar-refractivity contribution in [3.63, 3.8) is 0 Å². The Hall–Kier alpha value is -2.57. The Bertz CT molecular complexity index is 1060. The number of hydrogen-bond acceptors (Lipinski definition) is 4. The van der Waals surface area contributed by atoms with Crippen molar-refractivity contribution < 1.29 is 19.1 Å². The summed E-state index contributed by atoms with van der Waals surface area (Å²) in [5.74, 6) is -0.842. The van der Waals surface area contributed by atoms with Crippen LogP contribution in [0.2, 0.25) is 10.0 Å². The summed E-state index contributed by atoms with van der Waals surface area (Å²) in [6, 6.07) is 11.7. The summed E-state index contributed by atoms with van der Waals surface area (Å²) in [7, 11) is 0. The smallest absolute Gasteiger partial charge is 0.410 e. The molecule has 1 fully saturated rings. The fourth-order valence-electron chi connectivity index (χ4n) is 4.35. The summed E-state index contributed by atoms with van der Waals surface area (Å²) in [5.41, 5.74) is 0.988. The third-order valence-electron chi connectivity index (χ3n) is 5.79. The van der Waals surface area contributed by atoms with E-state index in [4.69, 9.17) is 27.9 Å². The predicted octanol–water partition coefficient (Wildman–Crippen LogP) is 5.38. The standard InChI is InChI=1S/C24H24Cl2N2O4/c1-24(2,3)32-23(31)27-11-10-15(14-8-9-18(25)19(26)12-14)20(27)13-28-21(29)16-6-4-5-7-17(16)22(28)30/h4-9,12,15,20H,10-11,13H2,1-3H3/t15-,20-/m1/s1. The molecule has 2 aliphatic heterocycles. The van der Waals surface area contributed by atoms with Crippen LogP contribution in [0.5, 0.6) is 0 Å². The molecule has 2 aromatic carbocycles. The molecule has 8 heteroatoms. The number of carbonyl (C=O) groups excluding carboxylic acids is 3. The molecule has 6 nitrogen and oxygen atoms in total. The maximum atomic E-state index is 13.0. The number of imide groups is 1. The zero-order valence-electron chi connectivity index (χ0n) is 18.1. The number of halogens is 2. The van der Waals surface area contributed by atoms with Gasteiger partial charge in [-0.2, -0.15) is 0 Å². The van der Waals surface area contributed by atoms with Crippen LogP contribution in [0.3, 0.4) is 0 Å². The Morgan fingerprint density at radius 3 is 2.22 bits per heavy atom. The highest BCUT2D eigenvalue weighted by atomic mass is 35.5. The summed E-state index contributed by atoms with van der Waals surface area (Å²) in [5, 5.41) is 0.855. The predicted molar refractivity (Wildman–Crippen MR) is 122 cm³/mol. The minimum atomic E-state index is -0.668. The first-order valence-corrected chi connectivity index (χ1v) is 11.2. The van der Waals surface area contributed by atoms with Gasteiger partial charge in [0.2, 0.25) is 0 Å². The van der Waals surface area contributed by atoms with E-state index < -0.39 is 17.7 Å². The van der Waals surface area contributed by atoms with Crippen molar-refractivity contribution in [1.82, 2.24) is 9.80 Å². The summed E-state index contributed by atoms with van der Waals surface area (Å²) in [6.45, 7) is 5.91. The number of ether oxygens (including phenoxy) is 1. The molecule has 2 aromatic rings. The van der Waals surface area contributed by atoms with E-state index in [9.17, 15) is 14.4 Å². The lowest BCUT2D eigenvalue weighted by molar-refractivity contribution is 0.0183. The summed E-state index contributed by atoms with van der Waals surface area (Å²) in [4.78, 5) is 41.8. The molecule has 0 spiro atoms. The van der Waals surface area contributed by atoms with Crippen LogP contribution in [-0.4, -0.2) is 52.4 Å². The topological polar surface area (TPSA) is 66.9 Å². The highest BCUT2D eigenvalue weighted by Gasteiger charge is 2.44. The lowest BCUT2D eigenvalue weighted by atomic mass is 9.91. The van der Waals surface area contributed by atoms with Gasteiger partial charge in [0.25, 0.3) is 11.8 Å². The van der Waals surface area contributed by atoms with Crippen LogP contribution in [-0.2, 0) is 4.74 Å². The van der Waals surface area contributed by atoms with E-state index >= 15 is 0 Å². The number of likely N-dealkylation sites (tertiary alicyclic amines) is 1. The van der Waals surface area contributed by atoms with E-state index in [-0.39, 0.29) is 24.3 Å². The zero-order chi connectivity index (χ0) is 23.2. The van der Waals surface area contributed by atoms with Crippen molar-refractivity contribution >= 4 is 41.1 Å². The van der Waals surface area contributed by atoms with Crippen LogP contribution in [0, 0.1) is 0 Å². The zero-order valence-corrected chi connectivity index (χ0v) is 19.6. The van der Waals surface area contributed by atoms with Crippen molar-refractivity contribution in [2.24, 2.45) is 0 Å². The first-order chi connectivity index (χ1) is 15.1. The molecule has 3 amide bonds. The van der Waals surface area contributed by atoms with Gasteiger partial charge in [0.15, 0.2) is 0 Å². The molecule has 0 bridgehead atoms. The van der Waals surface area contributed by atoms with Crippen molar-refractivity contribution in [2.75, 3.05) is 13.1 Å². The molecule has 2 heterocycles. The third kappa shape index (κ3) is 4.21. The second kappa shape index (κ2) is 8.41. The quantitative estimate of drug-likeness (QED) is 0.559. The lowest BCUT2D eigenvalue weighted by Crippen LogP contribution is -2.48. The van der Waals surface area contributed by atoms with Gasteiger partial charge in [-0.3, -0.25) is 14.5 Å². The number of nitrogens with zero attached hydrogens (tertiary/aromatic N) is 2. The molecular weight excluding hydrogens is 451 g/mol. The maximum absolute atomic E-state index is 13.0. The van der Waals surface area contributed by atoms with Crippen molar-refractivity contribution in [1.29, 1.82) is 0 Å². The molecule has 0 aromatic heterocycles. The third-order valence-corrected chi connectivity index (χ3v) is 6.53. The van der Waals surface area contributed by atoms with Gasteiger partial charge < -0.3 is 9.64 Å². The number of rotatable bonds is 3. The summed E-state index contributed by atoms with van der Waals surface area (Å²) < 4.78 is 5.61.